The first-order chi connectivity index (χ1) is 10.8. The third kappa shape index (κ3) is 11.9. The van der Waals surface area contributed by atoms with Crippen LogP contribution in [0.2, 0.25) is 0 Å². The van der Waals surface area contributed by atoms with E-state index in [1.54, 1.807) is 0 Å². The van der Waals surface area contributed by atoms with E-state index in [-0.39, 0.29) is 0 Å². The van der Waals surface area contributed by atoms with E-state index in [0.29, 0.717) is 79.3 Å². The average Bonchev–Trinajstić information content (AvgIpc) is 2.50. The predicted octanol–water partition coefficient (Wildman–Crippen LogP) is 1.21. The summed E-state index contributed by atoms with van der Waals surface area (Å²) in [5, 5.41) is 0. The van der Waals surface area contributed by atoms with Gasteiger partial charge in [-0.1, -0.05) is 13.2 Å². The highest BCUT2D eigenvalue weighted by Crippen LogP contribution is 1.96. The van der Waals surface area contributed by atoms with Crippen LogP contribution in [-0.4, -0.2) is 79.3 Å². The molecule has 0 N–H and O–H groups in total. The highest BCUT2D eigenvalue weighted by molar-refractivity contribution is 4.94. The Morgan fingerprint density at radius 3 is 0.909 bits per heavy atom. The van der Waals surface area contributed by atoms with E-state index >= 15 is 0 Å². The Bertz CT molecular complexity index is 251. The molecule has 0 aromatic heterocycles. The van der Waals surface area contributed by atoms with Gasteiger partial charge in [0, 0.05) is 0 Å². The van der Waals surface area contributed by atoms with Crippen LogP contribution in [0.15, 0.2) is 24.3 Å². The normalized spacial score (nSPS) is 23.1. The molecule has 1 saturated heterocycles. The first-order valence-corrected chi connectivity index (χ1v) is 7.59. The zero-order chi connectivity index (χ0) is 15.9. The molecule has 0 spiro atoms. The molecular formula is C16H28O6. The monoisotopic (exact) mass is 316 g/mol. The molecule has 6 heteroatoms. The number of ether oxygens (including phenoxy) is 6. The standard InChI is InChI=1S/C16H28O6/c1-15-11-19-7-3-17-5-9-21-13-16(2)14-22-10-6-18-4-8-20-12-15/h1-14H2. The molecule has 0 bridgehead atoms. The summed E-state index contributed by atoms with van der Waals surface area (Å²) >= 11 is 0. The fourth-order valence-corrected chi connectivity index (χ4v) is 1.62. The number of hydrogen-bond acceptors (Lipinski definition) is 6. The maximum atomic E-state index is 5.44. The molecular weight excluding hydrogens is 288 g/mol. The number of hydrogen-bond donors (Lipinski definition) is 0. The van der Waals surface area contributed by atoms with Gasteiger partial charge >= 0.3 is 0 Å². The molecule has 0 atom stereocenters. The molecule has 6 nitrogen and oxygen atoms in total. The predicted molar refractivity (Wildman–Crippen MR) is 83.2 cm³/mol. The van der Waals surface area contributed by atoms with Crippen molar-refractivity contribution in [1.29, 1.82) is 0 Å². The van der Waals surface area contributed by atoms with Crippen LogP contribution >= 0.6 is 0 Å². The van der Waals surface area contributed by atoms with Gasteiger partial charge in [-0.2, -0.15) is 0 Å². The van der Waals surface area contributed by atoms with Gasteiger partial charge in [0.25, 0.3) is 0 Å². The van der Waals surface area contributed by atoms with E-state index in [4.69, 9.17) is 28.4 Å². The van der Waals surface area contributed by atoms with Gasteiger partial charge in [-0.05, 0) is 11.1 Å². The smallest absolute Gasteiger partial charge is 0.0704 e. The summed E-state index contributed by atoms with van der Waals surface area (Å²) in [5.74, 6) is 0. The lowest BCUT2D eigenvalue weighted by Crippen LogP contribution is -2.15. The summed E-state index contributed by atoms with van der Waals surface area (Å²) in [5.41, 5.74) is 1.80. The van der Waals surface area contributed by atoms with Crippen LogP contribution in [0, 0.1) is 0 Å². The third-order valence-electron chi connectivity index (χ3n) is 2.71. The van der Waals surface area contributed by atoms with Crippen molar-refractivity contribution in [2.75, 3.05) is 79.3 Å². The third-order valence-corrected chi connectivity index (χ3v) is 2.71. The fourth-order valence-electron chi connectivity index (χ4n) is 1.62. The lowest BCUT2D eigenvalue weighted by molar-refractivity contribution is 0.00676. The average molecular weight is 316 g/mol. The van der Waals surface area contributed by atoms with E-state index in [1.807, 2.05) is 0 Å². The molecule has 128 valence electrons. The minimum atomic E-state index is 0.481. The van der Waals surface area contributed by atoms with Crippen molar-refractivity contribution in [2.45, 2.75) is 0 Å². The van der Waals surface area contributed by atoms with Gasteiger partial charge in [0.2, 0.25) is 0 Å². The summed E-state index contributed by atoms with van der Waals surface area (Å²) in [6.45, 7) is 14.0. The Morgan fingerprint density at radius 2 is 0.636 bits per heavy atom. The maximum absolute atomic E-state index is 5.44. The maximum Gasteiger partial charge on any atom is 0.0704 e. The van der Waals surface area contributed by atoms with Gasteiger partial charge in [-0.25, -0.2) is 0 Å². The molecule has 0 aromatic rings. The second-order valence-electron chi connectivity index (χ2n) is 4.94. The van der Waals surface area contributed by atoms with Crippen LogP contribution in [0.5, 0.6) is 0 Å². The molecule has 1 aliphatic rings. The molecule has 1 fully saturated rings. The SMILES string of the molecule is C=C1COCCOCCOCC(=C)COCCOCCOC1. The Morgan fingerprint density at radius 1 is 0.409 bits per heavy atom. The quantitative estimate of drug-likeness (QED) is 0.626. The van der Waals surface area contributed by atoms with Crippen molar-refractivity contribution < 1.29 is 28.4 Å². The van der Waals surface area contributed by atoms with Crippen molar-refractivity contribution in [3.05, 3.63) is 24.3 Å². The number of rotatable bonds is 0. The molecule has 0 amide bonds. The van der Waals surface area contributed by atoms with Crippen molar-refractivity contribution >= 4 is 0 Å². The molecule has 22 heavy (non-hydrogen) atoms. The molecule has 1 rings (SSSR count). The van der Waals surface area contributed by atoms with Crippen LogP contribution in [0.3, 0.4) is 0 Å². The lowest BCUT2D eigenvalue weighted by atomic mass is 10.3. The van der Waals surface area contributed by atoms with Crippen LogP contribution in [-0.2, 0) is 28.4 Å². The molecule has 1 aliphatic heterocycles. The van der Waals surface area contributed by atoms with Gasteiger partial charge in [0.05, 0.1) is 79.3 Å². The highest BCUT2D eigenvalue weighted by atomic mass is 16.6. The summed E-state index contributed by atoms with van der Waals surface area (Å²) < 4.78 is 32.5. The Labute approximate surface area is 133 Å². The van der Waals surface area contributed by atoms with E-state index in [1.165, 1.54) is 0 Å². The summed E-state index contributed by atoms with van der Waals surface area (Å²) in [4.78, 5) is 0. The van der Waals surface area contributed by atoms with Gasteiger partial charge in [-0.15, -0.1) is 0 Å². The molecule has 0 radical (unpaired) electrons. The molecule has 1 heterocycles. The Balaban J connectivity index is 2.17. The summed E-state index contributed by atoms with van der Waals surface area (Å²) in [6, 6.07) is 0. The van der Waals surface area contributed by atoms with Crippen LogP contribution < -0.4 is 0 Å². The largest absolute Gasteiger partial charge is 0.377 e. The van der Waals surface area contributed by atoms with Crippen LogP contribution in [0.25, 0.3) is 0 Å². The van der Waals surface area contributed by atoms with Crippen molar-refractivity contribution in [3.8, 4) is 0 Å². The fraction of sp³-hybridized carbons (Fsp3) is 0.750. The molecule has 0 saturated carbocycles. The second kappa shape index (κ2) is 13.9. The molecule has 0 aromatic carbocycles. The highest BCUT2D eigenvalue weighted by Gasteiger charge is 1.99. The van der Waals surface area contributed by atoms with Crippen LogP contribution in [0.4, 0.5) is 0 Å². The van der Waals surface area contributed by atoms with Crippen molar-refractivity contribution in [3.63, 3.8) is 0 Å². The Hall–Kier alpha value is -0.760. The lowest BCUT2D eigenvalue weighted by Gasteiger charge is -2.11. The first kappa shape index (κ1) is 19.3. The van der Waals surface area contributed by atoms with Gasteiger partial charge in [0.15, 0.2) is 0 Å². The van der Waals surface area contributed by atoms with Crippen molar-refractivity contribution in [2.24, 2.45) is 0 Å². The first-order valence-electron chi connectivity index (χ1n) is 7.59. The van der Waals surface area contributed by atoms with Gasteiger partial charge < -0.3 is 28.4 Å². The van der Waals surface area contributed by atoms with Gasteiger partial charge in [0.1, 0.15) is 0 Å². The van der Waals surface area contributed by atoms with E-state index in [9.17, 15) is 0 Å². The minimum Gasteiger partial charge on any atom is -0.377 e. The molecule has 0 unspecified atom stereocenters. The van der Waals surface area contributed by atoms with E-state index < -0.39 is 0 Å². The van der Waals surface area contributed by atoms with Crippen LogP contribution in [0.1, 0.15) is 0 Å². The summed E-state index contributed by atoms with van der Waals surface area (Å²) in [7, 11) is 0. The molecule has 0 aliphatic carbocycles. The van der Waals surface area contributed by atoms with E-state index in [2.05, 4.69) is 13.2 Å². The zero-order valence-electron chi connectivity index (χ0n) is 13.3. The second-order valence-corrected chi connectivity index (χ2v) is 4.94. The topological polar surface area (TPSA) is 55.4 Å². The zero-order valence-corrected chi connectivity index (χ0v) is 13.3. The summed E-state index contributed by atoms with van der Waals surface area (Å²) in [6.07, 6.45) is 0. The van der Waals surface area contributed by atoms with Gasteiger partial charge in [-0.3, -0.25) is 0 Å². The van der Waals surface area contributed by atoms with Crippen molar-refractivity contribution in [1.82, 2.24) is 0 Å². The Kier molecular flexibility index (Phi) is 12.2. The van der Waals surface area contributed by atoms with E-state index in [0.717, 1.165) is 11.1 Å². The minimum absolute atomic E-state index is 0.481.